The predicted octanol–water partition coefficient (Wildman–Crippen LogP) is 1.74. The molecule has 6 heteroatoms. The summed E-state index contributed by atoms with van der Waals surface area (Å²) in [6.07, 6.45) is 0. The molecule has 0 N–H and O–H groups in total. The fraction of sp³-hybridized carbons (Fsp3) is 1.00. The van der Waals surface area contributed by atoms with Crippen LogP contribution in [0.1, 0.15) is 13.8 Å². The van der Waals surface area contributed by atoms with Crippen molar-refractivity contribution in [2.45, 2.75) is 19.9 Å². The molecule has 0 aromatic carbocycles. The summed E-state index contributed by atoms with van der Waals surface area (Å²) in [5.41, 5.74) is 0. The molecular formula is C9H21N2O2PS. The van der Waals surface area contributed by atoms with Crippen LogP contribution in [-0.2, 0) is 9.09 Å². The van der Waals surface area contributed by atoms with Gasteiger partial charge in [-0.25, -0.2) is 4.67 Å². The topological polar surface area (TPSA) is 32.8 Å². The molecule has 1 rings (SSSR count). The largest absolute Gasteiger partial charge is 0.307 e. The van der Waals surface area contributed by atoms with Gasteiger partial charge in [-0.1, -0.05) is 0 Å². The standard InChI is InChI=1S/C9H21N2O2PS/c1-9(2)10-4-6-11(7-5-10)14(3,12)13-8-15/h9,15H,4-8H2,1-3H3. The van der Waals surface area contributed by atoms with Crippen LogP contribution in [0.4, 0.5) is 0 Å². The Balaban J connectivity index is 2.46. The highest BCUT2D eigenvalue weighted by atomic mass is 32.1. The van der Waals surface area contributed by atoms with E-state index in [9.17, 15) is 4.57 Å². The van der Waals surface area contributed by atoms with Crippen LogP contribution < -0.4 is 0 Å². The van der Waals surface area contributed by atoms with Crippen molar-refractivity contribution < 1.29 is 9.09 Å². The average molecular weight is 252 g/mol. The maximum absolute atomic E-state index is 12.1. The molecule has 0 aromatic rings. The highest BCUT2D eigenvalue weighted by Crippen LogP contribution is 2.47. The van der Waals surface area contributed by atoms with E-state index in [4.69, 9.17) is 4.52 Å². The molecule has 15 heavy (non-hydrogen) atoms. The summed E-state index contributed by atoms with van der Waals surface area (Å²) in [6, 6.07) is 0.564. The fourth-order valence-corrected chi connectivity index (χ4v) is 3.71. The number of hydrogen-bond acceptors (Lipinski definition) is 4. The first kappa shape index (κ1) is 13.5. The van der Waals surface area contributed by atoms with Gasteiger partial charge in [0.1, 0.15) is 0 Å². The van der Waals surface area contributed by atoms with Gasteiger partial charge >= 0.3 is 0 Å². The van der Waals surface area contributed by atoms with Crippen LogP contribution in [0.3, 0.4) is 0 Å². The van der Waals surface area contributed by atoms with Gasteiger partial charge in [-0.15, -0.1) is 0 Å². The Kier molecular flexibility index (Phi) is 5.13. The first-order chi connectivity index (χ1) is 6.97. The summed E-state index contributed by atoms with van der Waals surface area (Å²) in [7, 11) is -2.59. The summed E-state index contributed by atoms with van der Waals surface area (Å²) >= 11 is 3.95. The first-order valence-corrected chi connectivity index (χ1v) is 7.95. The lowest BCUT2D eigenvalue weighted by atomic mass is 10.3. The van der Waals surface area contributed by atoms with E-state index in [1.54, 1.807) is 6.66 Å². The maximum Gasteiger partial charge on any atom is 0.270 e. The number of hydrogen-bond donors (Lipinski definition) is 1. The molecule has 0 amide bonds. The molecule has 0 bridgehead atoms. The molecule has 0 radical (unpaired) electrons. The third kappa shape index (κ3) is 3.75. The van der Waals surface area contributed by atoms with E-state index in [0.29, 0.717) is 6.04 Å². The van der Waals surface area contributed by atoms with Gasteiger partial charge in [0.2, 0.25) is 0 Å². The third-order valence-corrected chi connectivity index (χ3v) is 5.20. The zero-order valence-electron chi connectivity index (χ0n) is 9.72. The van der Waals surface area contributed by atoms with E-state index in [-0.39, 0.29) is 5.94 Å². The molecule has 1 aliphatic heterocycles. The zero-order valence-corrected chi connectivity index (χ0v) is 11.5. The van der Waals surface area contributed by atoms with Crippen LogP contribution in [0.15, 0.2) is 0 Å². The van der Waals surface area contributed by atoms with E-state index in [0.717, 1.165) is 26.2 Å². The van der Waals surface area contributed by atoms with Crippen molar-refractivity contribution in [2.75, 3.05) is 38.8 Å². The third-order valence-electron chi connectivity index (χ3n) is 2.83. The summed E-state index contributed by atoms with van der Waals surface area (Å²) in [5, 5.41) is 0. The van der Waals surface area contributed by atoms with Gasteiger partial charge in [-0.05, 0) is 13.8 Å². The van der Waals surface area contributed by atoms with E-state index in [1.807, 2.05) is 4.67 Å². The predicted molar refractivity (Wildman–Crippen MR) is 66.8 cm³/mol. The SMILES string of the molecule is CC(C)N1CCN(P(C)(=O)OCS)CC1. The lowest BCUT2D eigenvalue weighted by molar-refractivity contribution is 0.143. The molecule has 4 nitrogen and oxygen atoms in total. The van der Waals surface area contributed by atoms with Crippen LogP contribution in [-0.4, -0.2) is 54.4 Å². The molecule has 1 fully saturated rings. The molecule has 0 aliphatic carbocycles. The summed E-state index contributed by atoms with van der Waals surface area (Å²) in [5.74, 6) is 0.220. The van der Waals surface area contributed by atoms with Crippen molar-refractivity contribution in [2.24, 2.45) is 0 Å². The van der Waals surface area contributed by atoms with Crippen molar-refractivity contribution in [3.8, 4) is 0 Å². The van der Waals surface area contributed by atoms with Crippen LogP contribution in [0.2, 0.25) is 0 Å². The van der Waals surface area contributed by atoms with Crippen LogP contribution in [0, 0.1) is 0 Å². The van der Waals surface area contributed by atoms with Gasteiger partial charge in [-0.2, -0.15) is 12.6 Å². The lowest BCUT2D eigenvalue weighted by Gasteiger charge is -2.38. The molecule has 0 saturated carbocycles. The van der Waals surface area contributed by atoms with Gasteiger partial charge in [0.15, 0.2) is 0 Å². The van der Waals surface area contributed by atoms with Crippen molar-refractivity contribution in [3.05, 3.63) is 0 Å². The summed E-state index contributed by atoms with van der Waals surface area (Å²) < 4.78 is 19.2. The van der Waals surface area contributed by atoms with Gasteiger partial charge in [0.25, 0.3) is 7.52 Å². The molecule has 1 aliphatic rings. The van der Waals surface area contributed by atoms with Crippen molar-refractivity contribution in [1.29, 1.82) is 0 Å². The number of rotatable bonds is 4. The van der Waals surface area contributed by atoms with Gasteiger partial charge < -0.3 is 4.52 Å². The second-order valence-corrected chi connectivity index (χ2v) is 6.83. The molecule has 0 spiro atoms. The Morgan fingerprint density at radius 2 is 1.87 bits per heavy atom. The highest BCUT2D eigenvalue weighted by molar-refractivity contribution is 7.80. The van der Waals surface area contributed by atoms with Crippen molar-refractivity contribution in [3.63, 3.8) is 0 Å². The molecule has 1 saturated heterocycles. The molecule has 1 atom stereocenters. The second kappa shape index (κ2) is 5.69. The first-order valence-electron chi connectivity index (χ1n) is 5.30. The zero-order chi connectivity index (χ0) is 11.5. The number of nitrogens with zero attached hydrogens (tertiary/aromatic N) is 2. The molecule has 1 heterocycles. The number of thiol groups is 1. The smallest absolute Gasteiger partial charge is 0.270 e. The minimum absolute atomic E-state index is 0.220. The minimum Gasteiger partial charge on any atom is -0.307 e. The summed E-state index contributed by atoms with van der Waals surface area (Å²) in [6.45, 7) is 9.61. The normalized spacial score (nSPS) is 24.3. The van der Waals surface area contributed by atoms with Crippen LogP contribution in [0.25, 0.3) is 0 Å². The Bertz CT molecular complexity index is 242. The Hall–Kier alpha value is 0.460. The maximum atomic E-state index is 12.1. The fourth-order valence-electron chi connectivity index (χ4n) is 1.78. The van der Waals surface area contributed by atoms with Crippen LogP contribution >= 0.6 is 20.1 Å². The summed E-state index contributed by atoms with van der Waals surface area (Å²) in [4.78, 5) is 2.39. The average Bonchev–Trinajstić information content (AvgIpc) is 2.18. The lowest BCUT2D eigenvalue weighted by Crippen LogP contribution is -2.47. The van der Waals surface area contributed by atoms with E-state index in [1.165, 1.54) is 0 Å². The molecular weight excluding hydrogens is 231 g/mol. The Morgan fingerprint density at radius 3 is 2.27 bits per heavy atom. The van der Waals surface area contributed by atoms with Crippen molar-refractivity contribution in [1.82, 2.24) is 9.57 Å². The van der Waals surface area contributed by atoms with E-state index in [2.05, 4.69) is 31.4 Å². The minimum atomic E-state index is -2.59. The quantitative estimate of drug-likeness (QED) is 0.469. The second-order valence-electron chi connectivity index (χ2n) is 4.14. The molecule has 1 unspecified atom stereocenters. The van der Waals surface area contributed by atoms with Crippen LogP contribution in [0.5, 0.6) is 0 Å². The highest BCUT2D eigenvalue weighted by Gasteiger charge is 2.29. The van der Waals surface area contributed by atoms with Crippen molar-refractivity contribution >= 4 is 20.1 Å². The molecule has 90 valence electrons. The van der Waals surface area contributed by atoms with E-state index < -0.39 is 7.52 Å². The molecule has 0 aromatic heterocycles. The Morgan fingerprint density at radius 1 is 1.33 bits per heavy atom. The van der Waals surface area contributed by atoms with Gasteiger partial charge in [0, 0.05) is 38.9 Å². The Labute approximate surface area is 97.9 Å². The van der Waals surface area contributed by atoms with E-state index >= 15 is 0 Å². The monoisotopic (exact) mass is 252 g/mol. The van der Waals surface area contributed by atoms with Gasteiger partial charge in [0.05, 0.1) is 5.94 Å². The number of piperazine rings is 1. The van der Waals surface area contributed by atoms with Gasteiger partial charge in [-0.3, -0.25) is 9.46 Å².